The van der Waals surface area contributed by atoms with Crippen molar-refractivity contribution in [2.75, 3.05) is 6.54 Å². The molecule has 0 saturated heterocycles. The van der Waals surface area contributed by atoms with Crippen LogP contribution in [0.4, 0.5) is 0 Å². The second kappa shape index (κ2) is 6.04. The van der Waals surface area contributed by atoms with E-state index in [1.54, 1.807) is 23.4 Å². The maximum Gasteiger partial charge on any atom is 0.285 e. The molecule has 0 aliphatic heterocycles. The maximum absolute atomic E-state index is 12.7. The van der Waals surface area contributed by atoms with Crippen LogP contribution in [0.25, 0.3) is 5.65 Å². The zero-order chi connectivity index (χ0) is 16.4. The summed E-state index contributed by atoms with van der Waals surface area (Å²) < 4.78 is 1.29. The number of nitrogens with one attached hydrogen (secondary N) is 1. The van der Waals surface area contributed by atoms with Gasteiger partial charge in [0.25, 0.3) is 11.5 Å². The van der Waals surface area contributed by atoms with Crippen molar-refractivity contribution in [3.05, 3.63) is 64.0 Å². The Kier molecular flexibility index (Phi) is 3.92. The lowest BCUT2D eigenvalue weighted by Gasteiger charge is -2.20. The molecule has 0 bridgehead atoms. The summed E-state index contributed by atoms with van der Waals surface area (Å²) in [7, 11) is 0. The Hall–Kier alpha value is -2.96. The second-order valence-corrected chi connectivity index (χ2v) is 5.28. The number of carbonyl (C=O) groups excluding carboxylic acids is 1. The number of aromatic amines is 1. The summed E-state index contributed by atoms with van der Waals surface area (Å²) in [6.45, 7) is 4.62. The zero-order valence-electron chi connectivity index (χ0n) is 13.0. The van der Waals surface area contributed by atoms with E-state index in [1.807, 2.05) is 26.0 Å². The second-order valence-electron chi connectivity index (χ2n) is 5.28. The van der Waals surface area contributed by atoms with Crippen molar-refractivity contribution < 1.29 is 4.79 Å². The van der Waals surface area contributed by atoms with E-state index in [4.69, 9.17) is 0 Å². The van der Waals surface area contributed by atoms with Crippen molar-refractivity contribution in [2.45, 2.75) is 20.4 Å². The predicted octanol–water partition coefficient (Wildman–Crippen LogP) is 1.39. The molecule has 3 aromatic heterocycles. The van der Waals surface area contributed by atoms with Crippen LogP contribution in [0.3, 0.4) is 0 Å². The Morgan fingerprint density at radius 1 is 1.35 bits per heavy atom. The topological polar surface area (TPSA) is 83.4 Å². The highest BCUT2D eigenvalue weighted by Gasteiger charge is 2.20. The maximum atomic E-state index is 12.7. The molecule has 0 aliphatic rings. The van der Waals surface area contributed by atoms with E-state index in [9.17, 15) is 9.59 Å². The van der Waals surface area contributed by atoms with Gasteiger partial charge in [-0.1, -0.05) is 0 Å². The number of hydrogen-bond acceptors (Lipinski definition) is 4. The highest BCUT2D eigenvalue weighted by molar-refractivity contribution is 5.93. The Balaban J connectivity index is 1.95. The van der Waals surface area contributed by atoms with Crippen LogP contribution in [-0.2, 0) is 6.54 Å². The van der Waals surface area contributed by atoms with Gasteiger partial charge in [-0.2, -0.15) is 0 Å². The van der Waals surface area contributed by atoms with Crippen LogP contribution < -0.4 is 5.56 Å². The van der Waals surface area contributed by atoms with E-state index in [0.717, 1.165) is 11.3 Å². The first-order valence-corrected chi connectivity index (χ1v) is 7.35. The van der Waals surface area contributed by atoms with Crippen LogP contribution in [0, 0.1) is 6.92 Å². The first-order valence-electron chi connectivity index (χ1n) is 7.35. The molecule has 0 radical (unpaired) electrons. The first kappa shape index (κ1) is 15.0. The summed E-state index contributed by atoms with van der Waals surface area (Å²) in [5, 5.41) is 2.89. The summed E-state index contributed by atoms with van der Waals surface area (Å²) in [5.74, 6) is -0.330. The molecular formula is C16H17N5O2. The smallest absolute Gasteiger partial charge is 0.285 e. The Bertz CT molecular complexity index is 898. The van der Waals surface area contributed by atoms with Gasteiger partial charge in [0, 0.05) is 43.4 Å². The molecular weight excluding hydrogens is 294 g/mol. The minimum atomic E-state index is -0.388. The van der Waals surface area contributed by atoms with Gasteiger partial charge >= 0.3 is 0 Å². The minimum absolute atomic E-state index is 0.0558. The van der Waals surface area contributed by atoms with Crippen LogP contribution in [0.15, 0.2) is 41.6 Å². The number of fused-ring (bicyclic) bond motifs is 1. The van der Waals surface area contributed by atoms with Crippen LogP contribution in [0.1, 0.15) is 28.5 Å². The molecule has 0 atom stereocenters. The monoisotopic (exact) mass is 311 g/mol. The minimum Gasteiger partial charge on any atom is -0.334 e. The summed E-state index contributed by atoms with van der Waals surface area (Å²) in [6, 6.07) is 5.45. The number of aromatic nitrogens is 4. The molecule has 0 aromatic carbocycles. The van der Waals surface area contributed by atoms with Gasteiger partial charge in [0.1, 0.15) is 5.56 Å². The van der Waals surface area contributed by atoms with Gasteiger partial charge < -0.3 is 4.90 Å². The SMILES string of the molecule is CCN(Cc1ccncc1)C(=O)c1cnc2cc(C)[nH]n2c1=O. The van der Waals surface area contributed by atoms with E-state index < -0.39 is 0 Å². The number of rotatable bonds is 4. The van der Waals surface area contributed by atoms with Crippen molar-refractivity contribution in [2.24, 2.45) is 0 Å². The Morgan fingerprint density at radius 2 is 2.09 bits per heavy atom. The molecule has 0 saturated carbocycles. The molecule has 3 aromatic rings. The number of hydrogen-bond donors (Lipinski definition) is 1. The van der Waals surface area contributed by atoms with Crippen molar-refractivity contribution in [3.8, 4) is 0 Å². The molecule has 0 spiro atoms. The van der Waals surface area contributed by atoms with Crippen molar-refractivity contribution in [3.63, 3.8) is 0 Å². The number of amides is 1. The fourth-order valence-electron chi connectivity index (χ4n) is 2.43. The van der Waals surface area contributed by atoms with E-state index in [1.165, 1.54) is 10.7 Å². The molecule has 3 rings (SSSR count). The number of carbonyl (C=O) groups is 1. The van der Waals surface area contributed by atoms with E-state index in [-0.39, 0.29) is 17.0 Å². The lowest BCUT2D eigenvalue weighted by Crippen LogP contribution is -2.35. The fourth-order valence-corrected chi connectivity index (χ4v) is 2.43. The third kappa shape index (κ3) is 2.85. The number of pyridine rings is 1. The summed E-state index contributed by atoms with van der Waals surface area (Å²) in [5.41, 5.74) is 1.94. The van der Waals surface area contributed by atoms with Crippen LogP contribution in [0.5, 0.6) is 0 Å². The van der Waals surface area contributed by atoms with E-state index >= 15 is 0 Å². The fraction of sp³-hybridized carbons (Fsp3) is 0.250. The van der Waals surface area contributed by atoms with Gasteiger partial charge in [0.2, 0.25) is 0 Å². The molecule has 118 valence electrons. The van der Waals surface area contributed by atoms with Crippen molar-refractivity contribution in [1.29, 1.82) is 0 Å². The lowest BCUT2D eigenvalue weighted by molar-refractivity contribution is 0.0750. The third-order valence-electron chi connectivity index (χ3n) is 3.64. The molecule has 3 heterocycles. The number of aryl methyl sites for hydroxylation is 1. The van der Waals surface area contributed by atoms with Gasteiger partial charge in [-0.05, 0) is 31.5 Å². The molecule has 7 nitrogen and oxygen atoms in total. The van der Waals surface area contributed by atoms with E-state index in [0.29, 0.717) is 18.7 Å². The average Bonchev–Trinajstić information content (AvgIpc) is 2.95. The molecule has 23 heavy (non-hydrogen) atoms. The van der Waals surface area contributed by atoms with Gasteiger partial charge in [0.15, 0.2) is 5.65 Å². The average molecular weight is 311 g/mol. The van der Waals surface area contributed by atoms with Crippen molar-refractivity contribution >= 4 is 11.6 Å². The molecule has 1 N–H and O–H groups in total. The lowest BCUT2D eigenvalue weighted by atomic mass is 10.2. The quantitative estimate of drug-likeness (QED) is 0.789. The van der Waals surface area contributed by atoms with Gasteiger partial charge in [0.05, 0.1) is 0 Å². The van der Waals surface area contributed by atoms with Gasteiger partial charge in [-0.3, -0.25) is 19.7 Å². The van der Waals surface area contributed by atoms with Crippen LogP contribution >= 0.6 is 0 Å². The van der Waals surface area contributed by atoms with Gasteiger partial charge in [-0.25, -0.2) is 9.50 Å². The molecule has 0 aliphatic carbocycles. The Labute approximate surface area is 132 Å². The normalized spacial score (nSPS) is 10.9. The standard InChI is InChI=1S/C16H17N5O2/c1-3-20(10-12-4-6-17-7-5-12)15(22)13-9-18-14-8-11(2)19-21(14)16(13)23/h4-9,19H,3,10H2,1-2H3. The molecule has 7 heteroatoms. The summed E-state index contributed by atoms with van der Waals surface area (Å²) in [4.78, 5) is 34.9. The third-order valence-corrected chi connectivity index (χ3v) is 3.64. The highest BCUT2D eigenvalue weighted by atomic mass is 16.2. The van der Waals surface area contributed by atoms with Crippen LogP contribution in [0.2, 0.25) is 0 Å². The Morgan fingerprint density at radius 3 is 2.78 bits per heavy atom. The zero-order valence-corrected chi connectivity index (χ0v) is 13.0. The van der Waals surface area contributed by atoms with Crippen molar-refractivity contribution in [1.82, 2.24) is 24.5 Å². The number of nitrogens with zero attached hydrogens (tertiary/aromatic N) is 4. The largest absolute Gasteiger partial charge is 0.334 e. The summed E-state index contributed by atoms with van der Waals surface area (Å²) >= 11 is 0. The van der Waals surface area contributed by atoms with Crippen LogP contribution in [-0.4, -0.2) is 36.9 Å². The first-order chi connectivity index (χ1) is 11.1. The molecule has 0 unspecified atom stereocenters. The predicted molar refractivity (Wildman–Crippen MR) is 85.2 cm³/mol. The van der Waals surface area contributed by atoms with Gasteiger partial charge in [-0.15, -0.1) is 0 Å². The highest BCUT2D eigenvalue weighted by Crippen LogP contribution is 2.08. The number of H-pyrrole nitrogens is 1. The van der Waals surface area contributed by atoms with E-state index in [2.05, 4.69) is 15.1 Å². The molecule has 1 amide bonds. The molecule has 0 fully saturated rings. The summed E-state index contributed by atoms with van der Waals surface area (Å²) in [6.07, 6.45) is 4.71.